The monoisotopic (exact) mass is 281 g/mol. The van der Waals surface area contributed by atoms with Crippen LogP contribution in [0.15, 0.2) is 16.5 Å². The Hall–Kier alpha value is -0.840. The summed E-state index contributed by atoms with van der Waals surface area (Å²) in [7, 11) is 6.38. The zero-order valence-corrected chi connectivity index (χ0v) is 13.8. The van der Waals surface area contributed by atoms with E-state index >= 15 is 0 Å². The molecule has 0 aliphatic heterocycles. The summed E-state index contributed by atoms with van der Waals surface area (Å²) in [5.41, 5.74) is 0. The van der Waals surface area contributed by atoms with Gasteiger partial charge in [0, 0.05) is 0 Å². The molecule has 1 aromatic heterocycles. The summed E-state index contributed by atoms with van der Waals surface area (Å²) in [6.45, 7) is 9.39. The Morgan fingerprint density at radius 2 is 1.80 bits per heavy atom. The van der Waals surface area contributed by atoms with Crippen LogP contribution in [0.2, 0.25) is 0 Å². The highest BCUT2D eigenvalue weighted by atomic mass is 16.3. The van der Waals surface area contributed by atoms with Crippen molar-refractivity contribution in [2.75, 3.05) is 40.8 Å². The van der Waals surface area contributed by atoms with Crippen molar-refractivity contribution in [1.29, 1.82) is 0 Å². The maximum Gasteiger partial charge on any atom is 0.118 e. The lowest BCUT2D eigenvalue weighted by atomic mass is 10.2. The van der Waals surface area contributed by atoms with Crippen molar-refractivity contribution in [3.8, 4) is 0 Å². The van der Waals surface area contributed by atoms with Crippen LogP contribution in [0.25, 0.3) is 0 Å². The lowest BCUT2D eigenvalue weighted by Gasteiger charge is -2.16. The van der Waals surface area contributed by atoms with Crippen molar-refractivity contribution in [1.82, 2.24) is 15.1 Å². The first kappa shape index (κ1) is 17.2. The molecule has 0 aromatic carbocycles. The Balaban J connectivity index is 2.25. The van der Waals surface area contributed by atoms with Crippen molar-refractivity contribution in [3.05, 3.63) is 23.7 Å². The number of nitrogens with zero attached hydrogens (tertiary/aromatic N) is 2. The van der Waals surface area contributed by atoms with Crippen molar-refractivity contribution < 1.29 is 4.42 Å². The van der Waals surface area contributed by atoms with Gasteiger partial charge >= 0.3 is 0 Å². The van der Waals surface area contributed by atoms with Gasteiger partial charge in [0.25, 0.3) is 0 Å². The normalized spacial score (nSPS) is 12.0. The van der Waals surface area contributed by atoms with Crippen LogP contribution in [-0.2, 0) is 13.1 Å². The van der Waals surface area contributed by atoms with E-state index in [1.54, 1.807) is 0 Å². The zero-order valence-electron chi connectivity index (χ0n) is 13.8. The molecule has 1 rings (SSSR count). The van der Waals surface area contributed by atoms with Crippen LogP contribution < -0.4 is 5.32 Å². The third kappa shape index (κ3) is 7.68. The van der Waals surface area contributed by atoms with Gasteiger partial charge in [-0.3, -0.25) is 4.90 Å². The van der Waals surface area contributed by atoms with Crippen LogP contribution in [0.5, 0.6) is 0 Å². The molecule has 0 aliphatic rings. The summed E-state index contributed by atoms with van der Waals surface area (Å²) in [5, 5.41) is 3.40. The minimum absolute atomic E-state index is 0.673. The van der Waals surface area contributed by atoms with Gasteiger partial charge in [-0.1, -0.05) is 13.8 Å². The first-order valence-corrected chi connectivity index (χ1v) is 7.59. The van der Waals surface area contributed by atoms with Crippen molar-refractivity contribution >= 4 is 0 Å². The molecule has 0 saturated heterocycles. The lowest BCUT2D eigenvalue weighted by molar-refractivity contribution is 0.270. The third-order valence-electron chi connectivity index (χ3n) is 3.14. The summed E-state index contributed by atoms with van der Waals surface area (Å²) in [4.78, 5) is 4.53. The smallest absolute Gasteiger partial charge is 0.118 e. The summed E-state index contributed by atoms with van der Waals surface area (Å²) < 4.78 is 5.85. The fraction of sp³-hybridized carbons (Fsp3) is 0.750. The second-order valence-corrected chi connectivity index (χ2v) is 6.29. The molecule has 0 aliphatic carbocycles. The average molecular weight is 281 g/mol. The quantitative estimate of drug-likeness (QED) is 0.714. The molecule has 0 unspecified atom stereocenters. The predicted molar refractivity (Wildman–Crippen MR) is 84.8 cm³/mol. The van der Waals surface area contributed by atoms with Gasteiger partial charge in [-0.25, -0.2) is 0 Å². The summed E-state index contributed by atoms with van der Waals surface area (Å²) in [6.07, 6.45) is 1.19. The third-order valence-corrected chi connectivity index (χ3v) is 3.14. The van der Waals surface area contributed by atoms with E-state index in [0.717, 1.165) is 44.2 Å². The summed E-state index contributed by atoms with van der Waals surface area (Å²) in [6, 6.07) is 4.17. The van der Waals surface area contributed by atoms with Gasteiger partial charge < -0.3 is 14.6 Å². The van der Waals surface area contributed by atoms with E-state index in [1.165, 1.54) is 6.42 Å². The second-order valence-electron chi connectivity index (χ2n) is 6.29. The van der Waals surface area contributed by atoms with E-state index in [0.29, 0.717) is 5.92 Å². The van der Waals surface area contributed by atoms with Gasteiger partial charge in [0.1, 0.15) is 11.5 Å². The number of rotatable bonds is 10. The highest BCUT2D eigenvalue weighted by Crippen LogP contribution is 2.10. The second kappa shape index (κ2) is 9.16. The summed E-state index contributed by atoms with van der Waals surface area (Å²) in [5.74, 6) is 2.76. The first-order valence-electron chi connectivity index (χ1n) is 7.59. The van der Waals surface area contributed by atoms with Crippen LogP contribution in [0.3, 0.4) is 0 Å². The topological polar surface area (TPSA) is 31.6 Å². The molecule has 0 atom stereocenters. The van der Waals surface area contributed by atoms with E-state index in [4.69, 9.17) is 4.42 Å². The van der Waals surface area contributed by atoms with Crippen LogP contribution >= 0.6 is 0 Å². The molecule has 4 nitrogen and oxygen atoms in total. The molecule has 1 N–H and O–H groups in total. The Kier molecular flexibility index (Phi) is 7.88. The van der Waals surface area contributed by atoms with E-state index in [2.05, 4.69) is 62.2 Å². The molecule has 1 aromatic rings. The number of furan rings is 1. The van der Waals surface area contributed by atoms with Crippen LogP contribution in [0.1, 0.15) is 31.8 Å². The van der Waals surface area contributed by atoms with Crippen LogP contribution in [0, 0.1) is 5.92 Å². The molecule has 1 heterocycles. The van der Waals surface area contributed by atoms with Crippen molar-refractivity contribution in [2.45, 2.75) is 33.4 Å². The molecule has 20 heavy (non-hydrogen) atoms. The maximum absolute atomic E-state index is 5.85. The maximum atomic E-state index is 5.85. The van der Waals surface area contributed by atoms with Gasteiger partial charge in [-0.2, -0.15) is 0 Å². The van der Waals surface area contributed by atoms with Crippen LogP contribution in [-0.4, -0.2) is 50.6 Å². The molecule has 0 radical (unpaired) electrons. The molecule has 4 heteroatoms. The molecular formula is C16H31N3O. The van der Waals surface area contributed by atoms with E-state index in [9.17, 15) is 0 Å². The Bertz CT molecular complexity index is 360. The minimum Gasteiger partial charge on any atom is -0.463 e. The predicted octanol–water partition coefficient (Wildman–Crippen LogP) is 2.41. The standard InChI is InChI=1S/C16H31N3O/c1-14(2)11-17-12-15-7-8-16(20-15)13-19(5)10-6-9-18(3)4/h7-8,14,17H,6,9-13H2,1-5H3. The lowest BCUT2D eigenvalue weighted by Crippen LogP contribution is -2.23. The number of nitrogens with one attached hydrogen (secondary N) is 1. The van der Waals surface area contributed by atoms with Gasteiger partial charge in [0.15, 0.2) is 0 Å². The van der Waals surface area contributed by atoms with Gasteiger partial charge in [-0.15, -0.1) is 0 Å². The fourth-order valence-electron chi connectivity index (χ4n) is 2.09. The number of hydrogen-bond acceptors (Lipinski definition) is 4. The summed E-state index contributed by atoms with van der Waals surface area (Å²) >= 11 is 0. The first-order chi connectivity index (χ1) is 9.47. The fourth-order valence-corrected chi connectivity index (χ4v) is 2.09. The van der Waals surface area contributed by atoms with E-state index < -0.39 is 0 Å². The van der Waals surface area contributed by atoms with Crippen molar-refractivity contribution in [2.24, 2.45) is 5.92 Å². The van der Waals surface area contributed by atoms with Gasteiger partial charge in [0.2, 0.25) is 0 Å². The Labute approximate surface area is 124 Å². The van der Waals surface area contributed by atoms with Gasteiger partial charge in [0.05, 0.1) is 13.1 Å². The molecule has 116 valence electrons. The molecule has 0 spiro atoms. The zero-order chi connectivity index (χ0) is 15.0. The Morgan fingerprint density at radius 1 is 1.10 bits per heavy atom. The highest BCUT2D eigenvalue weighted by Gasteiger charge is 2.06. The molecule has 0 fully saturated rings. The minimum atomic E-state index is 0.673. The number of hydrogen-bond donors (Lipinski definition) is 1. The molecular weight excluding hydrogens is 250 g/mol. The van der Waals surface area contributed by atoms with E-state index in [-0.39, 0.29) is 0 Å². The molecule has 0 saturated carbocycles. The van der Waals surface area contributed by atoms with Crippen molar-refractivity contribution in [3.63, 3.8) is 0 Å². The average Bonchev–Trinajstić information content (AvgIpc) is 2.75. The Morgan fingerprint density at radius 3 is 2.45 bits per heavy atom. The SMILES string of the molecule is CC(C)CNCc1ccc(CN(C)CCCN(C)C)o1. The van der Waals surface area contributed by atoms with Gasteiger partial charge in [-0.05, 0) is 65.2 Å². The molecule has 0 bridgehead atoms. The highest BCUT2D eigenvalue weighted by molar-refractivity contribution is 5.07. The molecule has 0 amide bonds. The van der Waals surface area contributed by atoms with E-state index in [1.807, 2.05) is 0 Å². The largest absolute Gasteiger partial charge is 0.463 e. The van der Waals surface area contributed by atoms with Crippen LogP contribution in [0.4, 0.5) is 0 Å².